The second kappa shape index (κ2) is 14.3. The molecule has 12 heteroatoms. The maximum absolute atomic E-state index is 14.4. The number of nitrogens with two attached hydrogens (primary N) is 3. The molecule has 0 aliphatic heterocycles. The first-order valence-electron chi connectivity index (χ1n) is 13.0. The first kappa shape index (κ1) is 31.1. The number of amides is 2. The fraction of sp³-hybridized carbons (Fsp3) is 0.276. The molecule has 3 aromatic carbocycles. The summed E-state index contributed by atoms with van der Waals surface area (Å²) in [5.41, 5.74) is 18.9. The van der Waals surface area contributed by atoms with Crippen LogP contribution in [0.5, 0.6) is 5.75 Å². The van der Waals surface area contributed by atoms with Gasteiger partial charge >= 0.3 is 10.3 Å². The van der Waals surface area contributed by atoms with Gasteiger partial charge in [0.05, 0.1) is 5.92 Å². The van der Waals surface area contributed by atoms with E-state index in [-0.39, 0.29) is 37.1 Å². The molecule has 0 radical (unpaired) electrons. The van der Waals surface area contributed by atoms with Gasteiger partial charge in [-0.15, -0.1) is 0 Å². The molecule has 0 aromatic heterocycles. The molecule has 1 atom stereocenters. The second-order valence-electron chi connectivity index (χ2n) is 9.55. The lowest BCUT2D eigenvalue weighted by atomic mass is 9.89. The Morgan fingerprint density at radius 2 is 1.39 bits per heavy atom. The molecule has 0 saturated heterocycles. The Morgan fingerprint density at radius 1 is 0.854 bits per heavy atom. The van der Waals surface area contributed by atoms with E-state index in [1.54, 1.807) is 12.1 Å². The highest BCUT2D eigenvalue weighted by Gasteiger charge is 2.34. The predicted molar refractivity (Wildman–Crippen MR) is 158 cm³/mol. The maximum atomic E-state index is 14.4. The predicted octanol–water partition coefficient (Wildman–Crippen LogP) is 1.94. The van der Waals surface area contributed by atoms with Gasteiger partial charge in [-0.25, -0.2) is 0 Å². The average molecular weight is 581 g/mol. The van der Waals surface area contributed by atoms with Gasteiger partial charge in [0.25, 0.3) is 0 Å². The summed E-state index contributed by atoms with van der Waals surface area (Å²) >= 11 is 0. The van der Waals surface area contributed by atoms with Crippen LogP contribution in [0.4, 0.5) is 0 Å². The van der Waals surface area contributed by atoms with Crippen LogP contribution in [0.1, 0.15) is 35.4 Å². The largest absolute Gasteiger partial charge is 0.384 e. The van der Waals surface area contributed by atoms with Crippen LogP contribution < -0.4 is 21.4 Å². The lowest BCUT2D eigenvalue weighted by molar-refractivity contribution is -0.141. The van der Waals surface area contributed by atoms with Crippen molar-refractivity contribution in [3.05, 3.63) is 102 Å². The number of guanidine groups is 1. The minimum atomic E-state index is -3.94. The molecule has 0 aliphatic rings. The van der Waals surface area contributed by atoms with Crippen molar-refractivity contribution in [2.45, 2.75) is 31.3 Å². The van der Waals surface area contributed by atoms with Gasteiger partial charge in [-0.3, -0.25) is 14.6 Å². The molecule has 3 aromatic rings. The fourth-order valence-corrected chi connectivity index (χ4v) is 4.77. The SMILES string of the molecule is CN(C)S(=O)(=O)Oc1ccc(CN(C(=O)C(c2ccccc2)c2ccccc2)[C@H](CCCN=C(N)N)C(N)=O)cc1. The molecule has 0 fully saturated rings. The van der Waals surface area contributed by atoms with E-state index >= 15 is 0 Å². The maximum Gasteiger partial charge on any atom is 0.384 e. The van der Waals surface area contributed by atoms with E-state index < -0.39 is 28.2 Å². The molecule has 2 amide bonds. The third-order valence-electron chi connectivity index (χ3n) is 6.36. The Morgan fingerprint density at radius 3 is 1.85 bits per heavy atom. The summed E-state index contributed by atoms with van der Waals surface area (Å²) in [6.07, 6.45) is 0.641. The molecule has 218 valence electrons. The molecule has 0 unspecified atom stereocenters. The molecule has 11 nitrogen and oxygen atoms in total. The van der Waals surface area contributed by atoms with Gasteiger partial charge in [-0.2, -0.15) is 12.7 Å². The number of hydrogen-bond acceptors (Lipinski definition) is 6. The number of nitrogens with zero attached hydrogens (tertiary/aromatic N) is 3. The van der Waals surface area contributed by atoms with Crippen molar-refractivity contribution in [1.29, 1.82) is 0 Å². The highest BCUT2D eigenvalue weighted by Crippen LogP contribution is 2.29. The summed E-state index contributed by atoms with van der Waals surface area (Å²) in [4.78, 5) is 32.6. The third kappa shape index (κ3) is 8.78. The topological polar surface area (TPSA) is 174 Å². The molecule has 0 bridgehead atoms. The molecule has 0 saturated carbocycles. The molecular formula is C29H36N6O5S. The zero-order valence-electron chi connectivity index (χ0n) is 23.1. The summed E-state index contributed by atoms with van der Waals surface area (Å²) in [7, 11) is -1.21. The Kier molecular flexibility index (Phi) is 10.8. The van der Waals surface area contributed by atoms with Crippen molar-refractivity contribution < 1.29 is 22.2 Å². The first-order valence-corrected chi connectivity index (χ1v) is 14.3. The molecular weight excluding hydrogens is 544 g/mol. The minimum Gasteiger partial charge on any atom is -0.371 e. The Hall–Kier alpha value is -4.42. The van der Waals surface area contributed by atoms with Gasteiger partial charge in [-0.05, 0) is 41.7 Å². The van der Waals surface area contributed by atoms with Crippen LogP contribution in [0, 0.1) is 0 Å². The van der Waals surface area contributed by atoms with Gasteiger partial charge < -0.3 is 26.3 Å². The van der Waals surface area contributed by atoms with Crippen LogP contribution >= 0.6 is 0 Å². The van der Waals surface area contributed by atoms with E-state index in [4.69, 9.17) is 21.4 Å². The van der Waals surface area contributed by atoms with Crippen molar-refractivity contribution >= 4 is 28.1 Å². The molecule has 0 aliphatic carbocycles. The number of aliphatic imine (C=N–C) groups is 1. The van der Waals surface area contributed by atoms with Crippen molar-refractivity contribution in [3.8, 4) is 5.75 Å². The van der Waals surface area contributed by atoms with Crippen molar-refractivity contribution in [2.75, 3.05) is 20.6 Å². The number of rotatable bonds is 14. The smallest absolute Gasteiger partial charge is 0.371 e. The highest BCUT2D eigenvalue weighted by atomic mass is 32.2. The molecule has 6 N–H and O–H groups in total. The number of primary amides is 1. The summed E-state index contributed by atoms with van der Waals surface area (Å²) in [5.74, 6) is -1.65. The zero-order valence-corrected chi connectivity index (χ0v) is 23.9. The summed E-state index contributed by atoms with van der Waals surface area (Å²) in [6, 6.07) is 23.9. The zero-order chi connectivity index (χ0) is 30.0. The van der Waals surface area contributed by atoms with Gasteiger partial charge in [0.2, 0.25) is 11.8 Å². The fourth-order valence-electron chi connectivity index (χ4n) is 4.26. The van der Waals surface area contributed by atoms with Crippen LogP contribution in [0.2, 0.25) is 0 Å². The Bertz CT molecular complexity index is 1390. The molecule has 41 heavy (non-hydrogen) atoms. The quantitative estimate of drug-likeness (QED) is 0.148. The normalized spacial score (nSPS) is 12.1. The summed E-state index contributed by atoms with van der Waals surface area (Å²) < 4.78 is 30.3. The lowest BCUT2D eigenvalue weighted by Gasteiger charge is -2.33. The molecule has 3 rings (SSSR count). The van der Waals surface area contributed by atoms with E-state index in [0.29, 0.717) is 12.0 Å². The Labute approximate surface area is 240 Å². The van der Waals surface area contributed by atoms with Crippen LogP contribution in [0.25, 0.3) is 0 Å². The number of carbonyl (C=O) groups excluding carboxylic acids is 2. The van der Waals surface area contributed by atoms with Crippen LogP contribution in [0.15, 0.2) is 89.9 Å². The Balaban J connectivity index is 2.00. The van der Waals surface area contributed by atoms with Crippen LogP contribution in [-0.2, 0) is 26.4 Å². The number of benzene rings is 3. The van der Waals surface area contributed by atoms with Crippen molar-refractivity contribution in [2.24, 2.45) is 22.2 Å². The van der Waals surface area contributed by atoms with Gasteiger partial charge in [0, 0.05) is 27.2 Å². The van der Waals surface area contributed by atoms with E-state index in [1.807, 2.05) is 60.7 Å². The summed E-state index contributed by atoms with van der Waals surface area (Å²) in [6.45, 7) is 0.299. The van der Waals surface area contributed by atoms with E-state index in [0.717, 1.165) is 15.4 Å². The monoisotopic (exact) mass is 580 g/mol. The highest BCUT2D eigenvalue weighted by molar-refractivity contribution is 7.84. The van der Waals surface area contributed by atoms with Gasteiger partial charge in [-0.1, -0.05) is 72.8 Å². The molecule has 0 heterocycles. The van der Waals surface area contributed by atoms with E-state index in [2.05, 4.69) is 4.99 Å². The van der Waals surface area contributed by atoms with Crippen molar-refractivity contribution in [1.82, 2.24) is 9.21 Å². The number of carbonyl (C=O) groups is 2. The summed E-state index contributed by atoms with van der Waals surface area (Å²) in [5, 5.41) is 0. The first-order chi connectivity index (χ1) is 19.5. The lowest BCUT2D eigenvalue weighted by Crippen LogP contribution is -2.49. The third-order valence-corrected chi connectivity index (χ3v) is 7.65. The van der Waals surface area contributed by atoms with Crippen LogP contribution in [0.3, 0.4) is 0 Å². The van der Waals surface area contributed by atoms with Gasteiger partial charge in [0.15, 0.2) is 5.96 Å². The average Bonchev–Trinajstić information content (AvgIpc) is 2.93. The van der Waals surface area contributed by atoms with Crippen molar-refractivity contribution in [3.63, 3.8) is 0 Å². The van der Waals surface area contributed by atoms with Gasteiger partial charge in [0.1, 0.15) is 11.8 Å². The van der Waals surface area contributed by atoms with Crippen LogP contribution in [-0.4, -0.2) is 62.1 Å². The second-order valence-corrected chi connectivity index (χ2v) is 11.3. The minimum absolute atomic E-state index is 0.0333. The standard InChI is InChI=1S/C29H36N6O5S/c1-34(2)41(38,39)40-24-17-15-21(16-18-24)20-35(25(27(30)36)14-9-19-33-29(31)32)28(37)26(22-10-5-3-6-11-22)23-12-7-4-8-13-23/h3-8,10-13,15-18,25-26H,9,14,19-20H2,1-2H3,(H2,30,36)(H4,31,32,33)/t25-/m1/s1. The van der Waals surface area contributed by atoms with E-state index in [9.17, 15) is 18.0 Å². The molecule has 0 spiro atoms. The van der Waals surface area contributed by atoms with E-state index in [1.165, 1.54) is 31.1 Å². The number of hydrogen-bond donors (Lipinski definition) is 3.